The van der Waals surface area contributed by atoms with Crippen LogP contribution in [0.15, 0.2) is 54.9 Å². The number of carbonyl (C=O) groups excluding carboxylic acids is 1. The molecular weight excluding hydrogens is 354 g/mol. The third-order valence-electron chi connectivity index (χ3n) is 4.64. The summed E-state index contributed by atoms with van der Waals surface area (Å²) in [7, 11) is 0. The number of anilines is 2. The van der Waals surface area contributed by atoms with Crippen molar-refractivity contribution in [3.05, 3.63) is 60.4 Å². The Bertz CT molecular complexity index is 1220. The molecule has 28 heavy (non-hydrogen) atoms. The summed E-state index contributed by atoms with van der Waals surface area (Å²) in [6.07, 6.45) is 5.60. The molecule has 0 saturated carbocycles. The maximum atomic E-state index is 11.7. The predicted molar refractivity (Wildman–Crippen MR) is 107 cm³/mol. The van der Waals surface area contributed by atoms with E-state index >= 15 is 0 Å². The van der Waals surface area contributed by atoms with Crippen LogP contribution in [0.25, 0.3) is 27.9 Å². The van der Waals surface area contributed by atoms with E-state index in [0.29, 0.717) is 12.4 Å². The largest absolute Gasteiger partial charge is 0.340 e. The lowest BCUT2D eigenvalue weighted by Crippen LogP contribution is -2.13. The number of hydrogen-bond acceptors (Lipinski definition) is 5. The molecule has 1 aliphatic rings. The lowest BCUT2D eigenvalue weighted by atomic mass is 10.1. The van der Waals surface area contributed by atoms with Crippen molar-refractivity contribution in [2.45, 2.75) is 13.5 Å². The highest BCUT2D eigenvalue weighted by atomic mass is 16.1. The Hall–Kier alpha value is -3.94. The Morgan fingerprint density at radius 3 is 3.00 bits per heavy atom. The molecular formula is C20H17N7O. The maximum absolute atomic E-state index is 11.7. The SMILES string of the molecule is CC(=O)Nc1nn2c(c1-c1ccccn1)NC(c1ccc3[nH]ncc3c1)=CC2. The molecule has 5 rings (SSSR count). The minimum absolute atomic E-state index is 0.175. The number of fused-ring (bicyclic) bond motifs is 2. The number of H-pyrrole nitrogens is 1. The van der Waals surface area contributed by atoms with Crippen LogP contribution >= 0.6 is 0 Å². The van der Waals surface area contributed by atoms with Crippen molar-refractivity contribution in [3.63, 3.8) is 0 Å². The van der Waals surface area contributed by atoms with Crippen molar-refractivity contribution in [2.24, 2.45) is 0 Å². The molecule has 0 saturated heterocycles. The van der Waals surface area contributed by atoms with Crippen molar-refractivity contribution in [3.8, 4) is 11.3 Å². The Balaban J connectivity index is 1.58. The topological polar surface area (TPSA) is 101 Å². The van der Waals surface area contributed by atoms with Gasteiger partial charge in [0.2, 0.25) is 5.91 Å². The van der Waals surface area contributed by atoms with Crippen molar-refractivity contribution in [1.82, 2.24) is 25.0 Å². The fourth-order valence-corrected chi connectivity index (χ4v) is 3.39. The fourth-order valence-electron chi connectivity index (χ4n) is 3.39. The van der Waals surface area contributed by atoms with Gasteiger partial charge in [-0.3, -0.25) is 14.9 Å². The highest BCUT2D eigenvalue weighted by Crippen LogP contribution is 2.38. The summed E-state index contributed by atoms with van der Waals surface area (Å²) in [5, 5.41) is 18.9. The number of aromatic nitrogens is 5. The van der Waals surface area contributed by atoms with E-state index in [1.165, 1.54) is 6.92 Å². The highest BCUT2D eigenvalue weighted by molar-refractivity contribution is 5.97. The molecule has 0 bridgehead atoms. The molecule has 0 atom stereocenters. The van der Waals surface area contributed by atoms with E-state index in [1.54, 1.807) is 12.4 Å². The second-order valence-electron chi connectivity index (χ2n) is 6.57. The molecule has 3 N–H and O–H groups in total. The smallest absolute Gasteiger partial charge is 0.222 e. The van der Waals surface area contributed by atoms with E-state index in [-0.39, 0.29) is 5.91 Å². The number of carbonyl (C=O) groups is 1. The van der Waals surface area contributed by atoms with Crippen LogP contribution < -0.4 is 10.6 Å². The molecule has 0 aliphatic carbocycles. The Morgan fingerprint density at radius 1 is 1.25 bits per heavy atom. The quantitative estimate of drug-likeness (QED) is 0.513. The number of nitrogens with one attached hydrogen (secondary N) is 3. The number of allylic oxidation sites excluding steroid dienone is 1. The van der Waals surface area contributed by atoms with E-state index < -0.39 is 0 Å². The van der Waals surface area contributed by atoms with E-state index in [1.807, 2.05) is 35.0 Å². The average Bonchev–Trinajstić information content (AvgIpc) is 3.30. The first-order chi connectivity index (χ1) is 13.7. The molecule has 8 nitrogen and oxygen atoms in total. The third kappa shape index (κ3) is 2.71. The van der Waals surface area contributed by atoms with Crippen molar-refractivity contribution >= 4 is 34.1 Å². The summed E-state index contributed by atoms with van der Waals surface area (Å²) in [6, 6.07) is 11.8. The second kappa shape index (κ2) is 6.34. The summed E-state index contributed by atoms with van der Waals surface area (Å²) in [4.78, 5) is 16.1. The Labute approximate surface area is 160 Å². The summed E-state index contributed by atoms with van der Waals surface area (Å²) in [6.45, 7) is 2.05. The molecule has 4 heterocycles. The van der Waals surface area contributed by atoms with Gasteiger partial charge in [0.25, 0.3) is 0 Å². The predicted octanol–water partition coefficient (Wildman–Crippen LogP) is 3.25. The van der Waals surface area contributed by atoms with Crippen LogP contribution in [0.1, 0.15) is 12.5 Å². The molecule has 8 heteroatoms. The van der Waals surface area contributed by atoms with Crippen molar-refractivity contribution < 1.29 is 4.79 Å². The second-order valence-corrected chi connectivity index (χ2v) is 6.57. The first kappa shape index (κ1) is 16.2. The van der Waals surface area contributed by atoms with Crippen LogP contribution in [0.2, 0.25) is 0 Å². The van der Waals surface area contributed by atoms with E-state index in [9.17, 15) is 4.79 Å². The molecule has 0 fully saturated rings. The average molecular weight is 371 g/mol. The zero-order valence-corrected chi connectivity index (χ0v) is 15.1. The summed E-state index contributed by atoms with van der Waals surface area (Å²) in [5.74, 6) is 1.12. The van der Waals surface area contributed by atoms with Crippen molar-refractivity contribution in [1.29, 1.82) is 0 Å². The van der Waals surface area contributed by atoms with Gasteiger partial charge in [-0.15, -0.1) is 0 Å². The van der Waals surface area contributed by atoms with Crippen LogP contribution in [0.4, 0.5) is 11.6 Å². The van der Waals surface area contributed by atoms with Gasteiger partial charge < -0.3 is 10.6 Å². The Kier molecular flexibility index (Phi) is 3.68. The number of aromatic amines is 1. The normalized spacial score (nSPS) is 13.0. The number of pyridine rings is 1. The summed E-state index contributed by atoms with van der Waals surface area (Å²) in [5.41, 5.74) is 4.53. The molecule has 0 spiro atoms. The summed E-state index contributed by atoms with van der Waals surface area (Å²) >= 11 is 0. The van der Waals surface area contributed by atoms with E-state index in [2.05, 4.69) is 43.1 Å². The summed E-state index contributed by atoms with van der Waals surface area (Å²) < 4.78 is 1.83. The fraction of sp³-hybridized carbons (Fsp3) is 0.100. The van der Waals surface area contributed by atoms with Gasteiger partial charge >= 0.3 is 0 Å². The molecule has 0 radical (unpaired) electrons. The van der Waals surface area contributed by atoms with Gasteiger partial charge in [-0.25, -0.2) is 4.68 Å². The molecule has 1 aliphatic heterocycles. The van der Waals surface area contributed by atoms with Gasteiger partial charge in [0.05, 0.1) is 29.5 Å². The minimum atomic E-state index is -0.175. The van der Waals surface area contributed by atoms with Crippen LogP contribution in [0, 0.1) is 0 Å². The standard InChI is InChI=1S/C20H17N7O/c1-12(28)23-19-18(17-4-2-3-8-21-17)20-24-15(7-9-27(20)26-19)13-5-6-16-14(10-13)11-22-25-16/h2-8,10-11,24H,9H2,1H3,(H,22,25)(H,23,26,28). The van der Waals surface area contributed by atoms with Gasteiger partial charge in [0, 0.05) is 24.2 Å². The lowest BCUT2D eigenvalue weighted by molar-refractivity contribution is -0.114. The number of amides is 1. The van der Waals surface area contributed by atoms with Gasteiger partial charge in [-0.05, 0) is 35.9 Å². The number of rotatable bonds is 3. The number of nitrogens with zero attached hydrogens (tertiary/aromatic N) is 4. The molecule has 0 unspecified atom stereocenters. The molecule has 4 aromatic rings. The van der Waals surface area contributed by atoms with Gasteiger partial charge in [0.1, 0.15) is 5.82 Å². The van der Waals surface area contributed by atoms with Crippen LogP contribution in [0.3, 0.4) is 0 Å². The molecule has 1 amide bonds. The van der Waals surface area contributed by atoms with E-state index in [4.69, 9.17) is 0 Å². The monoisotopic (exact) mass is 371 g/mol. The first-order valence-corrected chi connectivity index (χ1v) is 8.89. The molecule has 1 aromatic carbocycles. The number of hydrogen-bond donors (Lipinski definition) is 3. The van der Waals surface area contributed by atoms with Crippen LogP contribution in [0.5, 0.6) is 0 Å². The number of benzene rings is 1. The van der Waals surface area contributed by atoms with Gasteiger partial charge in [0.15, 0.2) is 5.82 Å². The highest BCUT2D eigenvalue weighted by Gasteiger charge is 2.24. The maximum Gasteiger partial charge on any atom is 0.222 e. The van der Waals surface area contributed by atoms with E-state index in [0.717, 1.165) is 39.2 Å². The lowest BCUT2D eigenvalue weighted by Gasteiger charge is -2.19. The van der Waals surface area contributed by atoms with Gasteiger partial charge in [-0.2, -0.15) is 10.2 Å². The zero-order chi connectivity index (χ0) is 19.1. The molecule has 138 valence electrons. The minimum Gasteiger partial charge on any atom is -0.340 e. The first-order valence-electron chi connectivity index (χ1n) is 8.89. The van der Waals surface area contributed by atoms with Crippen LogP contribution in [-0.2, 0) is 11.3 Å². The van der Waals surface area contributed by atoms with Crippen molar-refractivity contribution in [2.75, 3.05) is 10.6 Å². The zero-order valence-electron chi connectivity index (χ0n) is 15.1. The Morgan fingerprint density at radius 2 is 2.18 bits per heavy atom. The molecule has 3 aromatic heterocycles. The third-order valence-corrected chi connectivity index (χ3v) is 4.64. The van der Waals surface area contributed by atoms with Crippen LogP contribution in [-0.4, -0.2) is 30.9 Å². The van der Waals surface area contributed by atoms with Gasteiger partial charge in [-0.1, -0.05) is 12.1 Å².